The molecule has 1 fully saturated rings. The van der Waals surface area contributed by atoms with Crippen molar-refractivity contribution in [3.05, 3.63) is 0 Å². The number of hydrogen-bond donors (Lipinski definition) is 2. The van der Waals surface area contributed by atoms with Crippen molar-refractivity contribution in [3.63, 3.8) is 0 Å². The molecule has 1 aliphatic rings. The zero-order chi connectivity index (χ0) is 14.8. The molecule has 0 bridgehead atoms. The predicted octanol–water partition coefficient (Wildman–Crippen LogP) is 0.707. The molecular formula is C15H31N3O2. The molecule has 2 N–H and O–H groups in total. The summed E-state index contributed by atoms with van der Waals surface area (Å²) in [6, 6.07) is 0. The van der Waals surface area contributed by atoms with E-state index in [1.165, 1.54) is 19.5 Å². The van der Waals surface area contributed by atoms with Crippen LogP contribution in [0.15, 0.2) is 0 Å². The summed E-state index contributed by atoms with van der Waals surface area (Å²) in [7, 11) is 1.66. The van der Waals surface area contributed by atoms with E-state index in [9.17, 15) is 4.79 Å². The molecule has 5 nitrogen and oxygen atoms in total. The Morgan fingerprint density at radius 2 is 1.95 bits per heavy atom. The maximum absolute atomic E-state index is 11.5. The first-order chi connectivity index (χ1) is 9.61. The quantitative estimate of drug-likeness (QED) is 0.613. The van der Waals surface area contributed by atoms with Gasteiger partial charge in [-0.1, -0.05) is 13.8 Å². The summed E-state index contributed by atoms with van der Waals surface area (Å²) in [5.74, 6) is 1.68. The van der Waals surface area contributed by atoms with Gasteiger partial charge in [0.1, 0.15) is 0 Å². The molecular weight excluding hydrogens is 254 g/mol. The monoisotopic (exact) mass is 285 g/mol. The van der Waals surface area contributed by atoms with Gasteiger partial charge < -0.3 is 20.3 Å². The lowest BCUT2D eigenvalue weighted by atomic mass is 9.92. The minimum absolute atomic E-state index is 0.0708. The maximum atomic E-state index is 11.5. The van der Waals surface area contributed by atoms with E-state index in [0.29, 0.717) is 19.7 Å². The predicted molar refractivity (Wildman–Crippen MR) is 81.8 cm³/mol. The summed E-state index contributed by atoms with van der Waals surface area (Å²) in [5, 5.41) is 5.99. The molecule has 2 unspecified atom stereocenters. The van der Waals surface area contributed by atoms with Gasteiger partial charge in [0.15, 0.2) is 0 Å². The van der Waals surface area contributed by atoms with Crippen molar-refractivity contribution in [1.29, 1.82) is 0 Å². The number of piperidine rings is 1. The summed E-state index contributed by atoms with van der Waals surface area (Å²) in [4.78, 5) is 14.1. The Morgan fingerprint density at radius 3 is 2.60 bits per heavy atom. The van der Waals surface area contributed by atoms with Crippen LogP contribution in [-0.2, 0) is 9.53 Å². The van der Waals surface area contributed by atoms with Crippen LogP contribution < -0.4 is 10.6 Å². The number of likely N-dealkylation sites (tertiary alicyclic amines) is 1. The van der Waals surface area contributed by atoms with Crippen LogP contribution in [0.3, 0.4) is 0 Å². The number of ether oxygens (including phenoxy) is 1. The van der Waals surface area contributed by atoms with Gasteiger partial charge in [0.05, 0.1) is 13.2 Å². The van der Waals surface area contributed by atoms with Crippen LogP contribution in [0.2, 0.25) is 0 Å². The molecule has 0 aromatic carbocycles. The Balaban J connectivity index is 1.99. The van der Waals surface area contributed by atoms with Crippen LogP contribution in [0.1, 0.15) is 26.7 Å². The van der Waals surface area contributed by atoms with Crippen molar-refractivity contribution in [1.82, 2.24) is 15.5 Å². The van der Waals surface area contributed by atoms with Gasteiger partial charge >= 0.3 is 0 Å². The molecule has 1 rings (SSSR count). The zero-order valence-corrected chi connectivity index (χ0v) is 13.3. The molecule has 0 aromatic heterocycles. The van der Waals surface area contributed by atoms with Gasteiger partial charge in [-0.3, -0.25) is 4.79 Å². The number of nitrogens with one attached hydrogen (secondary N) is 2. The molecule has 1 amide bonds. The Labute approximate surface area is 123 Å². The Hall–Kier alpha value is -0.650. The first kappa shape index (κ1) is 17.4. The third kappa shape index (κ3) is 7.82. The van der Waals surface area contributed by atoms with Gasteiger partial charge in [-0.25, -0.2) is 0 Å². The van der Waals surface area contributed by atoms with E-state index in [1.807, 2.05) is 0 Å². The average Bonchev–Trinajstić information content (AvgIpc) is 2.39. The second kappa shape index (κ2) is 10.1. The molecule has 118 valence electrons. The number of amides is 1. The Kier molecular flexibility index (Phi) is 8.82. The SMILES string of the molecule is COCCNCC(=O)NCCCN1CC(C)CC(C)C1. The van der Waals surface area contributed by atoms with Gasteiger partial charge in [-0.05, 0) is 31.2 Å². The topological polar surface area (TPSA) is 53.6 Å². The second-order valence-corrected chi connectivity index (χ2v) is 6.08. The highest BCUT2D eigenvalue weighted by Crippen LogP contribution is 2.20. The fourth-order valence-corrected chi connectivity index (χ4v) is 2.94. The van der Waals surface area contributed by atoms with Gasteiger partial charge in [0.25, 0.3) is 0 Å². The number of nitrogens with zero attached hydrogens (tertiary/aromatic N) is 1. The van der Waals surface area contributed by atoms with Crippen molar-refractivity contribution >= 4 is 5.91 Å². The van der Waals surface area contributed by atoms with Crippen molar-refractivity contribution in [2.45, 2.75) is 26.7 Å². The second-order valence-electron chi connectivity index (χ2n) is 6.08. The minimum atomic E-state index is 0.0708. The highest BCUT2D eigenvalue weighted by molar-refractivity contribution is 5.77. The van der Waals surface area contributed by atoms with Gasteiger partial charge in [-0.2, -0.15) is 0 Å². The number of methoxy groups -OCH3 is 1. The summed E-state index contributed by atoms with van der Waals surface area (Å²) in [6.07, 6.45) is 2.38. The number of hydrogen-bond acceptors (Lipinski definition) is 4. The van der Waals surface area contributed by atoms with Gasteiger partial charge in [-0.15, -0.1) is 0 Å². The molecule has 0 spiro atoms. The molecule has 2 atom stereocenters. The third-order valence-electron chi connectivity index (χ3n) is 3.69. The average molecular weight is 285 g/mol. The number of carbonyl (C=O) groups is 1. The Morgan fingerprint density at radius 1 is 1.25 bits per heavy atom. The molecule has 5 heteroatoms. The smallest absolute Gasteiger partial charge is 0.233 e. The van der Waals surface area contributed by atoms with Gasteiger partial charge in [0.2, 0.25) is 5.91 Å². The van der Waals surface area contributed by atoms with E-state index in [1.54, 1.807) is 7.11 Å². The van der Waals surface area contributed by atoms with Crippen LogP contribution in [0.4, 0.5) is 0 Å². The normalized spacial score (nSPS) is 23.8. The fraction of sp³-hybridized carbons (Fsp3) is 0.933. The van der Waals surface area contributed by atoms with E-state index >= 15 is 0 Å². The molecule has 0 saturated carbocycles. The van der Waals surface area contributed by atoms with E-state index < -0.39 is 0 Å². The first-order valence-electron chi connectivity index (χ1n) is 7.80. The van der Waals surface area contributed by atoms with E-state index in [2.05, 4.69) is 29.4 Å². The molecule has 0 aromatic rings. The third-order valence-corrected chi connectivity index (χ3v) is 3.69. The minimum Gasteiger partial charge on any atom is -0.383 e. The van der Waals surface area contributed by atoms with Crippen molar-refractivity contribution in [3.8, 4) is 0 Å². The van der Waals surface area contributed by atoms with Crippen LogP contribution in [0, 0.1) is 11.8 Å². The zero-order valence-electron chi connectivity index (χ0n) is 13.3. The molecule has 1 saturated heterocycles. The van der Waals surface area contributed by atoms with Crippen LogP contribution in [0.5, 0.6) is 0 Å². The molecule has 20 heavy (non-hydrogen) atoms. The van der Waals surface area contributed by atoms with Crippen molar-refractivity contribution in [2.75, 3.05) is 53.0 Å². The standard InChI is InChI=1S/C15H31N3O2/c1-13-9-14(2)12-18(11-13)7-4-5-17-15(19)10-16-6-8-20-3/h13-14,16H,4-12H2,1-3H3,(H,17,19). The molecule has 0 radical (unpaired) electrons. The van der Waals surface area contributed by atoms with Crippen molar-refractivity contribution < 1.29 is 9.53 Å². The lowest BCUT2D eigenvalue weighted by Crippen LogP contribution is -2.41. The fourth-order valence-electron chi connectivity index (χ4n) is 2.94. The Bertz CT molecular complexity index is 264. The summed E-state index contributed by atoms with van der Waals surface area (Å²) in [5.41, 5.74) is 0. The van der Waals surface area contributed by atoms with Crippen LogP contribution in [-0.4, -0.2) is 63.8 Å². The number of rotatable bonds is 9. The lowest BCUT2D eigenvalue weighted by molar-refractivity contribution is -0.120. The highest BCUT2D eigenvalue weighted by atomic mass is 16.5. The van der Waals surface area contributed by atoms with Crippen LogP contribution in [0.25, 0.3) is 0 Å². The summed E-state index contributed by atoms with van der Waals surface area (Å²) >= 11 is 0. The van der Waals surface area contributed by atoms with Crippen LogP contribution >= 0.6 is 0 Å². The maximum Gasteiger partial charge on any atom is 0.233 e. The highest BCUT2D eigenvalue weighted by Gasteiger charge is 2.20. The van der Waals surface area contributed by atoms with Gasteiger partial charge in [0, 0.05) is 33.3 Å². The van der Waals surface area contributed by atoms with E-state index in [4.69, 9.17) is 4.74 Å². The first-order valence-corrected chi connectivity index (χ1v) is 7.80. The summed E-state index contributed by atoms with van der Waals surface area (Å²) in [6.45, 7) is 10.7. The molecule has 0 aliphatic carbocycles. The molecule has 1 aliphatic heterocycles. The van der Waals surface area contributed by atoms with Crippen molar-refractivity contribution in [2.24, 2.45) is 11.8 Å². The van der Waals surface area contributed by atoms with E-state index in [0.717, 1.165) is 31.3 Å². The number of carbonyl (C=O) groups excluding carboxylic acids is 1. The molecule has 1 heterocycles. The largest absolute Gasteiger partial charge is 0.383 e. The van der Waals surface area contributed by atoms with E-state index in [-0.39, 0.29) is 5.91 Å². The summed E-state index contributed by atoms with van der Waals surface area (Å²) < 4.78 is 4.91. The lowest BCUT2D eigenvalue weighted by Gasteiger charge is -2.34.